The Morgan fingerprint density at radius 1 is 0.857 bits per heavy atom. The second kappa shape index (κ2) is 14.3. The molecule has 2 aromatic carbocycles. The Morgan fingerprint density at radius 2 is 1.47 bits per heavy atom. The second-order valence-corrected chi connectivity index (χ2v) is 14.5. The Hall–Kier alpha value is -3.57. The fourth-order valence-corrected chi connectivity index (χ4v) is 9.44. The van der Waals surface area contributed by atoms with E-state index in [-0.39, 0.29) is 51.2 Å². The van der Waals surface area contributed by atoms with Gasteiger partial charge in [0.05, 0.1) is 30.1 Å². The summed E-state index contributed by atoms with van der Waals surface area (Å²) in [5, 5.41) is 22.0. The van der Waals surface area contributed by atoms with Gasteiger partial charge in [-0.1, -0.05) is 47.5 Å². The van der Waals surface area contributed by atoms with Crippen molar-refractivity contribution in [1.29, 1.82) is 0 Å². The van der Waals surface area contributed by atoms with Gasteiger partial charge in [-0.3, -0.25) is 9.69 Å². The Morgan fingerprint density at radius 3 is 2.04 bits per heavy atom. The molecule has 5 aliphatic heterocycles. The van der Waals surface area contributed by atoms with E-state index in [1.165, 1.54) is 25.9 Å². The van der Waals surface area contributed by atoms with E-state index in [1.807, 2.05) is 29.2 Å². The molecule has 0 aromatic heterocycles. The molecule has 0 spiro atoms. The Bertz CT molecular complexity index is 1670. The fraction of sp³-hybridized carbons (Fsp3) is 0.486. The van der Waals surface area contributed by atoms with E-state index in [9.17, 15) is 24.6 Å². The van der Waals surface area contributed by atoms with E-state index in [0.29, 0.717) is 42.9 Å². The zero-order chi connectivity index (χ0) is 35.0. The number of hydrogen-bond donors (Lipinski definition) is 2. The average Bonchev–Trinajstić information content (AvgIpc) is 3.09. The van der Waals surface area contributed by atoms with Crippen LogP contribution in [0.1, 0.15) is 43.7 Å². The van der Waals surface area contributed by atoms with Crippen molar-refractivity contribution in [3.05, 3.63) is 86.2 Å². The number of ether oxygens (including phenoxy) is 1. The van der Waals surface area contributed by atoms with Crippen LogP contribution >= 0.6 is 23.2 Å². The lowest BCUT2D eigenvalue weighted by atomic mass is 9.66. The number of benzene rings is 2. The van der Waals surface area contributed by atoms with Gasteiger partial charge in [0.1, 0.15) is 5.75 Å². The van der Waals surface area contributed by atoms with Crippen molar-refractivity contribution >= 4 is 41.0 Å². The zero-order valence-electron chi connectivity index (χ0n) is 28.3. The number of carboxylic acids is 2. The van der Waals surface area contributed by atoms with Crippen LogP contribution in [-0.4, -0.2) is 114 Å². The summed E-state index contributed by atoms with van der Waals surface area (Å²) in [5.74, 6) is -1.49. The third-order valence-electron chi connectivity index (χ3n) is 11.2. The summed E-state index contributed by atoms with van der Waals surface area (Å²) >= 11 is 13.5. The second-order valence-electron chi connectivity index (χ2n) is 13.6. The van der Waals surface area contributed by atoms with Crippen LogP contribution in [0.25, 0.3) is 0 Å². The number of piperidine rings is 3. The Balaban J connectivity index is 1.36. The molecule has 7 rings (SSSR count). The minimum atomic E-state index is -1.79. The van der Waals surface area contributed by atoms with Crippen LogP contribution in [-0.2, 0) is 26.2 Å². The SMILES string of the molecule is COc1ccccc1CCC1=C(C(=O)O)C(C)(c2c(Cl)cccc2Cl)C(C(=O)O)=C(CC(=O)N2CCN(C3CN4CCC3CC4)CC2)N1C. The maximum absolute atomic E-state index is 14.1. The van der Waals surface area contributed by atoms with E-state index < -0.39 is 17.4 Å². The van der Waals surface area contributed by atoms with E-state index in [2.05, 4.69) is 9.80 Å². The van der Waals surface area contributed by atoms with Crippen molar-refractivity contribution in [2.24, 2.45) is 5.92 Å². The van der Waals surface area contributed by atoms with Crippen LogP contribution in [0.2, 0.25) is 10.0 Å². The monoisotopic (exact) mass is 710 g/mol. The molecular formula is C37H44Cl2N4O6. The summed E-state index contributed by atoms with van der Waals surface area (Å²) in [5.41, 5.74) is -0.554. The minimum absolute atomic E-state index is 0.135. The summed E-state index contributed by atoms with van der Waals surface area (Å²) in [6, 6.07) is 12.8. The summed E-state index contributed by atoms with van der Waals surface area (Å²) in [6.45, 7) is 7.59. The Kier molecular flexibility index (Phi) is 10.3. The molecule has 2 atom stereocenters. The van der Waals surface area contributed by atoms with Gasteiger partial charge in [0.25, 0.3) is 0 Å². The highest BCUT2D eigenvalue weighted by Crippen LogP contribution is 2.52. The summed E-state index contributed by atoms with van der Waals surface area (Å²) in [4.78, 5) is 49.2. The third-order valence-corrected chi connectivity index (χ3v) is 11.8. The van der Waals surface area contributed by atoms with Crippen LogP contribution in [0.3, 0.4) is 0 Å². The number of carbonyl (C=O) groups is 3. The molecule has 1 amide bonds. The van der Waals surface area contributed by atoms with E-state index >= 15 is 0 Å². The van der Waals surface area contributed by atoms with Gasteiger partial charge in [0.2, 0.25) is 5.91 Å². The van der Waals surface area contributed by atoms with Gasteiger partial charge in [-0.2, -0.15) is 0 Å². The Labute approximate surface area is 297 Å². The predicted octanol–water partition coefficient (Wildman–Crippen LogP) is 5.14. The highest BCUT2D eigenvalue weighted by molar-refractivity contribution is 6.36. The van der Waals surface area contributed by atoms with Crippen molar-refractivity contribution < 1.29 is 29.3 Å². The topological polar surface area (TPSA) is 114 Å². The first kappa shape index (κ1) is 35.3. The first-order valence-corrected chi connectivity index (χ1v) is 17.7. The highest BCUT2D eigenvalue weighted by atomic mass is 35.5. The molecule has 10 nitrogen and oxygen atoms in total. The molecular weight excluding hydrogens is 667 g/mol. The highest BCUT2D eigenvalue weighted by Gasteiger charge is 2.52. The van der Waals surface area contributed by atoms with Crippen molar-refractivity contribution in [2.45, 2.75) is 50.5 Å². The number of halogens is 2. The number of amides is 1. The molecule has 2 aromatic rings. The molecule has 0 radical (unpaired) electrons. The van der Waals surface area contributed by atoms with E-state index in [4.69, 9.17) is 27.9 Å². The van der Waals surface area contributed by atoms with Gasteiger partial charge in [-0.15, -0.1) is 0 Å². The van der Waals surface area contributed by atoms with Gasteiger partial charge in [-0.05, 0) is 75.4 Å². The maximum atomic E-state index is 14.1. The first-order chi connectivity index (χ1) is 23.4. The summed E-state index contributed by atoms with van der Waals surface area (Å²) in [7, 11) is 3.22. The van der Waals surface area contributed by atoms with Crippen LogP contribution < -0.4 is 4.74 Å². The number of para-hydroxylation sites is 1. The zero-order valence-corrected chi connectivity index (χ0v) is 29.8. The van der Waals surface area contributed by atoms with Crippen LogP contribution in [0.5, 0.6) is 5.75 Å². The molecule has 4 fully saturated rings. The quantitative estimate of drug-likeness (QED) is 0.346. The number of rotatable bonds is 10. The third kappa shape index (κ3) is 6.56. The van der Waals surface area contributed by atoms with Crippen LogP contribution in [0.4, 0.5) is 0 Å². The first-order valence-electron chi connectivity index (χ1n) is 16.9. The summed E-state index contributed by atoms with van der Waals surface area (Å²) < 4.78 is 5.55. The number of aryl methyl sites for hydroxylation is 1. The molecule has 5 aliphatic rings. The van der Waals surface area contributed by atoms with E-state index in [0.717, 1.165) is 25.2 Å². The number of aliphatic carboxylic acids is 2. The number of methoxy groups -OCH3 is 1. The predicted molar refractivity (Wildman–Crippen MR) is 188 cm³/mol. The molecule has 49 heavy (non-hydrogen) atoms. The smallest absolute Gasteiger partial charge is 0.334 e. The van der Waals surface area contributed by atoms with Gasteiger partial charge in [-0.25, -0.2) is 9.59 Å². The van der Waals surface area contributed by atoms with Gasteiger partial charge in [0.15, 0.2) is 0 Å². The molecule has 0 aliphatic carbocycles. The number of fused-ring (bicyclic) bond motifs is 3. The normalized spacial score (nSPS) is 25.9. The van der Waals surface area contributed by atoms with Crippen molar-refractivity contribution in [3.63, 3.8) is 0 Å². The lowest BCUT2D eigenvalue weighted by molar-refractivity contribution is -0.134. The maximum Gasteiger partial charge on any atom is 0.334 e. The van der Waals surface area contributed by atoms with Crippen molar-refractivity contribution in [2.75, 3.05) is 60.0 Å². The molecule has 5 heterocycles. The molecule has 12 heteroatoms. The fourth-order valence-electron chi connectivity index (χ4n) is 8.67. The number of nitrogens with zero attached hydrogens (tertiary/aromatic N) is 4. The molecule has 2 N–H and O–H groups in total. The standard InChI is InChI=1S/C37H44Cl2N4O6/c1-37(32-25(38)8-6-9-26(32)39)33(35(45)46)27(12-11-24-7-4-5-10-30(24)49-3)40(2)28(34(37)36(47)48)21-31(44)43-19-17-42(18-20-43)29-22-41-15-13-23(29)14-16-41/h4-10,23,29H,11-22H2,1-3H3,(H,45,46)(H,47,48). The molecule has 4 saturated heterocycles. The molecule has 0 saturated carbocycles. The van der Waals surface area contributed by atoms with Crippen LogP contribution in [0, 0.1) is 5.92 Å². The van der Waals surface area contributed by atoms with Crippen LogP contribution in [0.15, 0.2) is 65.0 Å². The largest absolute Gasteiger partial charge is 0.496 e. The number of allylic oxidation sites excluding steroid dienone is 1. The molecule has 2 unspecified atom stereocenters. The lowest BCUT2D eigenvalue weighted by Crippen LogP contribution is -2.61. The summed E-state index contributed by atoms with van der Waals surface area (Å²) in [6.07, 6.45) is 2.85. The number of carbonyl (C=O) groups excluding carboxylic acids is 1. The number of carboxylic acid groups (broad SMARTS) is 2. The van der Waals surface area contributed by atoms with E-state index in [1.54, 1.807) is 44.2 Å². The van der Waals surface area contributed by atoms with Gasteiger partial charge >= 0.3 is 11.9 Å². The number of piperazine rings is 1. The molecule has 262 valence electrons. The van der Waals surface area contributed by atoms with Gasteiger partial charge in [0, 0.05) is 72.8 Å². The van der Waals surface area contributed by atoms with Crippen molar-refractivity contribution in [1.82, 2.24) is 19.6 Å². The van der Waals surface area contributed by atoms with Gasteiger partial charge < -0.3 is 29.6 Å². The molecule has 2 bridgehead atoms. The number of hydrogen-bond acceptors (Lipinski definition) is 7. The average molecular weight is 712 g/mol. The minimum Gasteiger partial charge on any atom is -0.496 e. The lowest BCUT2D eigenvalue weighted by Gasteiger charge is -2.51. The van der Waals surface area contributed by atoms with Crippen molar-refractivity contribution in [3.8, 4) is 5.75 Å².